The van der Waals surface area contributed by atoms with Crippen LogP contribution in [0.1, 0.15) is 20.8 Å². The Bertz CT molecular complexity index is 383. The lowest BCUT2D eigenvalue weighted by Gasteiger charge is -2.42. The number of carbonyl (C=O) groups excluding carboxylic acids is 2. The molecular weight excluding hydrogens is 275 g/mol. The first-order chi connectivity index (χ1) is 9.04. The minimum Gasteiger partial charge on any atom is -0.346 e. The number of ketones is 1. The molecule has 116 valence electrons. The fourth-order valence-electron chi connectivity index (χ4n) is 1.97. The molecule has 1 fully saturated rings. The maximum atomic E-state index is 12.1. The van der Waals surface area contributed by atoms with Crippen molar-refractivity contribution in [2.75, 3.05) is 26.2 Å². The number of nitrogens with zero attached hydrogens (tertiary/aromatic N) is 1. The zero-order valence-corrected chi connectivity index (χ0v) is 11.8. The van der Waals surface area contributed by atoms with E-state index >= 15 is 0 Å². The standard InChI is InChI=1S/C12H20F3N3O2/c1-8(19)11(2,3)18-5-4-16-9(6-18)10(20)17-7-12(13,14)15/h9,16H,4-7H2,1-3H3,(H,17,20). The van der Waals surface area contributed by atoms with Crippen LogP contribution in [0.25, 0.3) is 0 Å². The molecule has 5 nitrogen and oxygen atoms in total. The van der Waals surface area contributed by atoms with Gasteiger partial charge < -0.3 is 10.6 Å². The third kappa shape index (κ3) is 4.45. The van der Waals surface area contributed by atoms with Crippen LogP contribution in [-0.2, 0) is 9.59 Å². The van der Waals surface area contributed by atoms with E-state index in [9.17, 15) is 22.8 Å². The van der Waals surface area contributed by atoms with Crippen LogP contribution in [-0.4, -0.2) is 60.5 Å². The molecule has 1 aliphatic heterocycles. The minimum atomic E-state index is -4.43. The van der Waals surface area contributed by atoms with Crippen LogP contribution in [0.3, 0.4) is 0 Å². The van der Waals surface area contributed by atoms with Crippen LogP contribution < -0.4 is 10.6 Å². The second kappa shape index (κ2) is 6.09. The number of hydrogen-bond donors (Lipinski definition) is 2. The number of alkyl halides is 3. The van der Waals surface area contributed by atoms with Gasteiger partial charge in [0.1, 0.15) is 12.3 Å². The summed E-state index contributed by atoms with van der Waals surface area (Å²) in [7, 11) is 0. The molecule has 1 amide bonds. The molecule has 0 aliphatic carbocycles. The quantitative estimate of drug-likeness (QED) is 0.783. The topological polar surface area (TPSA) is 61.4 Å². The van der Waals surface area contributed by atoms with Crippen molar-refractivity contribution in [1.29, 1.82) is 0 Å². The SMILES string of the molecule is CC(=O)C(C)(C)N1CCNC(C(=O)NCC(F)(F)F)C1. The van der Waals surface area contributed by atoms with E-state index in [4.69, 9.17) is 0 Å². The van der Waals surface area contributed by atoms with Crippen molar-refractivity contribution in [3.63, 3.8) is 0 Å². The third-order valence-electron chi connectivity index (χ3n) is 3.61. The molecular formula is C12H20F3N3O2. The lowest BCUT2D eigenvalue weighted by Crippen LogP contribution is -2.63. The van der Waals surface area contributed by atoms with Crippen LogP contribution in [0.5, 0.6) is 0 Å². The van der Waals surface area contributed by atoms with Gasteiger partial charge in [0.2, 0.25) is 5.91 Å². The van der Waals surface area contributed by atoms with E-state index in [1.165, 1.54) is 6.92 Å². The molecule has 1 unspecified atom stereocenters. The molecule has 20 heavy (non-hydrogen) atoms. The molecule has 2 N–H and O–H groups in total. The highest BCUT2D eigenvalue weighted by Crippen LogP contribution is 2.18. The molecule has 0 aromatic heterocycles. The zero-order valence-electron chi connectivity index (χ0n) is 11.8. The Labute approximate surface area is 115 Å². The van der Waals surface area contributed by atoms with Gasteiger partial charge >= 0.3 is 6.18 Å². The maximum absolute atomic E-state index is 12.1. The normalized spacial score (nSPS) is 21.6. The summed E-state index contributed by atoms with van der Waals surface area (Å²) in [5.74, 6) is -0.750. The van der Waals surface area contributed by atoms with Crippen molar-refractivity contribution >= 4 is 11.7 Å². The fourth-order valence-corrected chi connectivity index (χ4v) is 1.97. The predicted octanol–water partition coefficient (Wildman–Crippen LogP) is 0.306. The van der Waals surface area contributed by atoms with Gasteiger partial charge in [0.05, 0.1) is 11.6 Å². The molecule has 0 bridgehead atoms. The Morgan fingerprint density at radius 3 is 2.45 bits per heavy atom. The number of nitrogens with one attached hydrogen (secondary N) is 2. The Morgan fingerprint density at radius 1 is 1.35 bits per heavy atom. The van der Waals surface area contributed by atoms with E-state index in [0.717, 1.165) is 0 Å². The molecule has 1 rings (SSSR count). The van der Waals surface area contributed by atoms with Crippen molar-refractivity contribution in [1.82, 2.24) is 15.5 Å². The first kappa shape index (κ1) is 16.9. The molecule has 1 heterocycles. The number of rotatable bonds is 4. The van der Waals surface area contributed by atoms with E-state index in [0.29, 0.717) is 13.1 Å². The lowest BCUT2D eigenvalue weighted by molar-refractivity contribution is -0.141. The average molecular weight is 295 g/mol. The van der Waals surface area contributed by atoms with Crippen LogP contribution in [0.4, 0.5) is 13.2 Å². The molecule has 1 atom stereocenters. The molecule has 0 saturated carbocycles. The van der Waals surface area contributed by atoms with Gasteiger partial charge in [0.15, 0.2) is 0 Å². The van der Waals surface area contributed by atoms with Crippen LogP contribution in [0.15, 0.2) is 0 Å². The predicted molar refractivity (Wildman–Crippen MR) is 67.2 cm³/mol. The third-order valence-corrected chi connectivity index (χ3v) is 3.61. The fraction of sp³-hybridized carbons (Fsp3) is 0.833. The zero-order chi connectivity index (χ0) is 15.6. The van der Waals surface area contributed by atoms with Gasteiger partial charge in [-0.2, -0.15) is 13.2 Å². The van der Waals surface area contributed by atoms with E-state index in [-0.39, 0.29) is 12.3 Å². The Morgan fingerprint density at radius 2 is 1.95 bits per heavy atom. The van der Waals surface area contributed by atoms with Gasteiger partial charge in [0, 0.05) is 19.6 Å². The summed E-state index contributed by atoms with van der Waals surface area (Å²) < 4.78 is 36.2. The molecule has 8 heteroatoms. The van der Waals surface area contributed by atoms with Crippen molar-refractivity contribution in [3.8, 4) is 0 Å². The number of halogens is 3. The van der Waals surface area contributed by atoms with Crippen LogP contribution in [0, 0.1) is 0 Å². The van der Waals surface area contributed by atoms with Gasteiger partial charge in [-0.05, 0) is 20.8 Å². The monoisotopic (exact) mass is 295 g/mol. The minimum absolute atomic E-state index is 0.0474. The van der Waals surface area contributed by atoms with E-state index < -0.39 is 30.2 Å². The number of Topliss-reactive ketones (excluding diaryl/α,β-unsaturated/α-hetero) is 1. The Hall–Kier alpha value is -1.15. The molecule has 0 aromatic carbocycles. The van der Waals surface area contributed by atoms with Crippen molar-refractivity contribution in [3.05, 3.63) is 0 Å². The number of hydrogen-bond acceptors (Lipinski definition) is 4. The van der Waals surface area contributed by atoms with Crippen molar-refractivity contribution in [2.45, 2.75) is 38.5 Å². The maximum Gasteiger partial charge on any atom is 0.405 e. The first-order valence-electron chi connectivity index (χ1n) is 6.38. The van der Waals surface area contributed by atoms with Crippen molar-refractivity contribution in [2.24, 2.45) is 0 Å². The highest BCUT2D eigenvalue weighted by Gasteiger charge is 2.37. The van der Waals surface area contributed by atoms with Crippen LogP contribution in [0.2, 0.25) is 0 Å². The summed E-state index contributed by atoms with van der Waals surface area (Å²) >= 11 is 0. The first-order valence-corrected chi connectivity index (χ1v) is 6.38. The van der Waals surface area contributed by atoms with E-state index in [1.54, 1.807) is 13.8 Å². The van der Waals surface area contributed by atoms with Gasteiger partial charge in [-0.1, -0.05) is 0 Å². The van der Waals surface area contributed by atoms with E-state index in [1.807, 2.05) is 10.2 Å². The second-order valence-corrected chi connectivity index (χ2v) is 5.40. The molecule has 1 aliphatic rings. The van der Waals surface area contributed by atoms with Gasteiger partial charge in [-0.25, -0.2) is 0 Å². The highest BCUT2D eigenvalue weighted by molar-refractivity contribution is 5.86. The summed E-state index contributed by atoms with van der Waals surface area (Å²) in [5.41, 5.74) is -0.731. The summed E-state index contributed by atoms with van der Waals surface area (Å²) in [6.45, 7) is 4.81. The summed E-state index contributed by atoms with van der Waals surface area (Å²) in [4.78, 5) is 25.1. The lowest BCUT2D eigenvalue weighted by atomic mass is 9.95. The smallest absolute Gasteiger partial charge is 0.346 e. The largest absolute Gasteiger partial charge is 0.405 e. The molecule has 0 radical (unpaired) electrons. The number of piperazine rings is 1. The van der Waals surface area contributed by atoms with Crippen molar-refractivity contribution < 1.29 is 22.8 Å². The Kier molecular flexibility index (Phi) is 5.15. The second-order valence-electron chi connectivity index (χ2n) is 5.40. The van der Waals surface area contributed by atoms with E-state index in [2.05, 4.69) is 5.32 Å². The van der Waals surface area contributed by atoms with Gasteiger partial charge in [0.25, 0.3) is 0 Å². The number of amides is 1. The summed E-state index contributed by atoms with van der Waals surface area (Å²) in [6.07, 6.45) is -4.43. The molecule has 0 spiro atoms. The number of carbonyl (C=O) groups is 2. The Balaban J connectivity index is 2.61. The molecule has 1 saturated heterocycles. The summed E-state index contributed by atoms with van der Waals surface area (Å²) in [6, 6.07) is -0.746. The van der Waals surface area contributed by atoms with Gasteiger partial charge in [-0.15, -0.1) is 0 Å². The molecule has 0 aromatic rings. The van der Waals surface area contributed by atoms with Crippen LogP contribution >= 0.6 is 0 Å². The van der Waals surface area contributed by atoms with Gasteiger partial charge in [-0.3, -0.25) is 14.5 Å². The average Bonchev–Trinajstić information content (AvgIpc) is 2.35. The summed E-state index contributed by atoms with van der Waals surface area (Å²) in [5, 5.41) is 4.72. The highest BCUT2D eigenvalue weighted by atomic mass is 19.4.